The lowest BCUT2D eigenvalue weighted by atomic mass is 10.1. The standard InChI is InChI=1S/C12H11F3N2/c13-12(14,15)8-16-7-9-3-4-11-10(6-9)2-1-5-17-11/h1-6,16H,7-8H2. The summed E-state index contributed by atoms with van der Waals surface area (Å²) in [5.74, 6) is 0. The van der Waals surface area contributed by atoms with Gasteiger partial charge in [-0.05, 0) is 23.8 Å². The number of hydrogen-bond donors (Lipinski definition) is 1. The molecule has 0 aliphatic heterocycles. The third-order valence-corrected chi connectivity index (χ3v) is 2.32. The topological polar surface area (TPSA) is 24.9 Å². The largest absolute Gasteiger partial charge is 0.401 e. The van der Waals surface area contributed by atoms with Gasteiger partial charge in [0.2, 0.25) is 0 Å². The van der Waals surface area contributed by atoms with Crippen LogP contribution in [0, 0.1) is 0 Å². The SMILES string of the molecule is FC(F)(F)CNCc1ccc2ncccc2c1. The van der Waals surface area contributed by atoms with Crippen molar-refractivity contribution in [3.8, 4) is 0 Å². The van der Waals surface area contributed by atoms with E-state index in [-0.39, 0.29) is 6.54 Å². The highest BCUT2D eigenvalue weighted by Crippen LogP contribution is 2.15. The minimum atomic E-state index is -4.17. The molecular weight excluding hydrogens is 229 g/mol. The van der Waals surface area contributed by atoms with Gasteiger partial charge >= 0.3 is 6.18 Å². The highest BCUT2D eigenvalue weighted by atomic mass is 19.4. The van der Waals surface area contributed by atoms with E-state index in [1.54, 1.807) is 24.4 Å². The van der Waals surface area contributed by atoms with Crippen molar-refractivity contribution in [3.63, 3.8) is 0 Å². The zero-order valence-corrected chi connectivity index (χ0v) is 8.96. The molecule has 0 spiro atoms. The zero-order valence-electron chi connectivity index (χ0n) is 8.96. The predicted octanol–water partition coefficient (Wildman–Crippen LogP) is 2.89. The summed E-state index contributed by atoms with van der Waals surface area (Å²) < 4.78 is 35.8. The first-order valence-electron chi connectivity index (χ1n) is 5.16. The van der Waals surface area contributed by atoms with E-state index in [9.17, 15) is 13.2 Å². The molecule has 1 heterocycles. The van der Waals surface area contributed by atoms with Crippen molar-refractivity contribution in [2.24, 2.45) is 0 Å². The van der Waals surface area contributed by atoms with Crippen LogP contribution in [0.25, 0.3) is 10.9 Å². The minimum absolute atomic E-state index is 0.199. The van der Waals surface area contributed by atoms with Crippen LogP contribution in [0.5, 0.6) is 0 Å². The molecule has 2 nitrogen and oxygen atoms in total. The smallest absolute Gasteiger partial charge is 0.305 e. The average Bonchev–Trinajstić information content (AvgIpc) is 2.27. The van der Waals surface area contributed by atoms with Crippen molar-refractivity contribution in [2.45, 2.75) is 12.7 Å². The molecule has 90 valence electrons. The van der Waals surface area contributed by atoms with Crippen molar-refractivity contribution < 1.29 is 13.2 Å². The second kappa shape index (κ2) is 4.71. The van der Waals surface area contributed by atoms with Gasteiger partial charge in [-0.1, -0.05) is 12.1 Å². The number of alkyl halides is 3. The van der Waals surface area contributed by atoms with Crippen LogP contribution in [0.2, 0.25) is 0 Å². The van der Waals surface area contributed by atoms with Crippen molar-refractivity contribution in [1.29, 1.82) is 0 Å². The first-order chi connectivity index (χ1) is 8.04. The molecule has 0 aliphatic rings. The Hall–Kier alpha value is -1.62. The van der Waals surface area contributed by atoms with E-state index in [4.69, 9.17) is 0 Å². The van der Waals surface area contributed by atoms with E-state index < -0.39 is 12.7 Å². The van der Waals surface area contributed by atoms with Crippen molar-refractivity contribution >= 4 is 10.9 Å². The molecule has 0 fully saturated rings. The molecule has 0 saturated carbocycles. The van der Waals surface area contributed by atoms with E-state index in [1.807, 2.05) is 12.1 Å². The molecule has 0 unspecified atom stereocenters. The molecule has 17 heavy (non-hydrogen) atoms. The number of fused-ring (bicyclic) bond motifs is 1. The van der Waals surface area contributed by atoms with Gasteiger partial charge in [0.05, 0.1) is 12.1 Å². The molecule has 1 aromatic heterocycles. The maximum absolute atomic E-state index is 11.9. The zero-order chi connectivity index (χ0) is 12.3. The summed E-state index contributed by atoms with van der Waals surface area (Å²) in [4.78, 5) is 4.14. The molecular formula is C12H11F3N2. The monoisotopic (exact) mass is 240 g/mol. The Labute approximate surface area is 96.5 Å². The third-order valence-electron chi connectivity index (χ3n) is 2.32. The number of rotatable bonds is 3. The van der Waals surface area contributed by atoms with Crippen LogP contribution >= 0.6 is 0 Å². The number of hydrogen-bond acceptors (Lipinski definition) is 2. The number of nitrogens with zero attached hydrogens (tertiary/aromatic N) is 1. The quantitative estimate of drug-likeness (QED) is 0.892. The Bertz CT molecular complexity index is 508. The highest BCUT2D eigenvalue weighted by Gasteiger charge is 2.25. The molecule has 0 radical (unpaired) electrons. The third kappa shape index (κ3) is 3.42. The van der Waals surface area contributed by atoms with Crippen LogP contribution in [0.3, 0.4) is 0 Å². The molecule has 0 amide bonds. The second-order valence-electron chi connectivity index (χ2n) is 3.75. The Morgan fingerprint density at radius 3 is 2.76 bits per heavy atom. The Kier molecular flexibility index (Phi) is 3.28. The number of pyridine rings is 1. The van der Waals surface area contributed by atoms with E-state index in [1.165, 1.54) is 0 Å². The number of halogens is 3. The molecule has 0 saturated heterocycles. The lowest BCUT2D eigenvalue weighted by Crippen LogP contribution is -2.28. The summed E-state index contributed by atoms with van der Waals surface area (Å²) >= 11 is 0. The number of aromatic nitrogens is 1. The second-order valence-corrected chi connectivity index (χ2v) is 3.75. The van der Waals surface area contributed by atoms with Crippen molar-refractivity contribution in [2.75, 3.05) is 6.54 Å². The van der Waals surface area contributed by atoms with Crippen LogP contribution < -0.4 is 5.32 Å². The summed E-state index contributed by atoms with van der Waals surface area (Å²) in [7, 11) is 0. The maximum atomic E-state index is 11.9. The summed E-state index contributed by atoms with van der Waals surface area (Å²) in [6.45, 7) is -0.775. The Balaban J connectivity index is 2.04. The van der Waals surface area contributed by atoms with E-state index in [0.29, 0.717) is 0 Å². The molecule has 5 heteroatoms. The molecule has 2 aromatic rings. The summed E-state index contributed by atoms with van der Waals surface area (Å²) in [5, 5.41) is 3.29. The normalized spacial score (nSPS) is 11.9. The molecule has 2 rings (SSSR count). The van der Waals surface area contributed by atoms with Gasteiger partial charge < -0.3 is 5.32 Å². The average molecular weight is 240 g/mol. The lowest BCUT2D eigenvalue weighted by Gasteiger charge is -2.08. The van der Waals surface area contributed by atoms with Crippen molar-refractivity contribution in [1.82, 2.24) is 10.3 Å². The van der Waals surface area contributed by atoms with E-state index in [0.717, 1.165) is 16.5 Å². The Morgan fingerprint density at radius 1 is 1.18 bits per heavy atom. The van der Waals surface area contributed by atoms with E-state index >= 15 is 0 Å². The first kappa shape index (κ1) is 11.9. The molecule has 1 N–H and O–H groups in total. The fourth-order valence-electron chi connectivity index (χ4n) is 1.58. The van der Waals surface area contributed by atoms with Gasteiger partial charge in [-0.2, -0.15) is 13.2 Å². The van der Waals surface area contributed by atoms with Crippen molar-refractivity contribution in [3.05, 3.63) is 42.1 Å². The van der Waals surface area contributed by atoms with Crippen LogP contribution in [-0.2, 0) is 6.54 Å². The molecule has 0 atom stereocenters. The number of nitrogens with one attached hydrogen (secondary N) is 1. The summed E-state index contributed by atoms with van der Waals surface area (Å²) in [6, 6.07) is 9.11. The fraction of sp³-hybridized carbons (Fsp3) is 0.250. The summed E-state index contributed by atoms with van der Waals surface area (Å²) in [5.41, 5.74) is 1.65. The molecule has 0 bridgehead atoms. The maximum Gasteiger partial charge on any atom is 0.401 e. The van der Waals surface area contributed by atoms with Gasteiger partial charge in [-0.25, -0.2) is 0 Å². The van der Waals surface area contributed by atoms with Crippen LogP contribution in [0.4, 0.5) is 13.2 Å². The lowest BCUT2D eigenvalue weighted by molar-refractivity contribution is -0.125. The van der Waals surface area contributed by atoms with Gasteiger partial charge in [0.1, 0.15) is 0 Å². The van der Waals surface area contributed by atoms with Gasteiger partial charge in [0.25, 0.3) is 0 Å². The van der Waals surface area contributed by atoms with Gasteiger partial charge in [-0.15, -0.1) is 0 Å². The summed E-state index contributed by atoms with van der Waals surface area (Å²) in [6.07, 6.45) is -2.48. The molecule has 0 aliphatic carbocycles. The fourth-order valence-corrected chi connectivity index (χ4v) is 1.58. The van der Waals surface area contributed by atoms with Gasteiger partial charge in [0, 0.05) is 18.1 Å². The van der Waals surface area contributed by atoms with E-state index in [2.05, 4.69) is 10.3 Å². The Morgan fingerprint density at radius 2 is 2.00 bits per heavy atom. The minimum Gasteiger partial charge on any atom is -0.305 e. The number of benzene rings is 1. The van der Waals surface area contributed by atoms with Crippen LogP contribution in [0.15, 0.2) is 36.5 Å². The predicted molar refractivity (Wildman–Crippen MR) is 59.5 cm³/mol. The van der Waals surface area contributed by atoms with Gasteiger partial charge in [-0.3, -0.25) is 4.98 Å². The van der Waals surface area contributed by atoms with Gasteiger partial charge in [0.15, 0.2) is 0 Å². The van der Waals surface area contributed by atoms with Crippen LogP contribution in [-0.4, -0.2) is 17.7 Å². The first-order valence-corrected chi connectivity index (χ1v) is 5.16. The highest BCUT2D eigenvalue weighted by molar-refractivity contribution is 5.78. The van der Waals surface area contributed by atoms with Crippen LogP contribution in [0.1, 0.15) is 5.56 Å². The molecule has 1 aromatic carbocycles.